The number of rotatable bonds is 2. The van der Waals surface area contributed by atoms with E-state index >= 15 is 0 Å². The van der Waals surface area contributed by atoms with Gasteiger partial charge in [-0.05, 0) is 59.6 Å². The zero-order valence-corrected chi connectivity index (χ0v) is 18.7. The van der Waals surface area contributed by atoms with Crippen LogP contribution in [0.2, 0.25) is 0 Å². The molecule has 32 heavy (non-hydrogen) atoms. The van der Waals surface area contributed by atoms with Crippen molar-refractivity contribution >= 4 is 23.2 Å². The predicted octanol–water partition coefficient (Wildman–Crippen LogP) is 4.00. The molecule has 7 heteroatoms. The number of amides is 2. The molecule has 2 aromatic rings. The second-order valence-electron chi connectivity index (χ2n) is 9.53. The Balaban J connectivity index is 1.57. The maximum Gasteiger partial charge on any atom is 0.293 e. The Morgan fingerprint density at radius 3 is 2.59 bits per heavy atom. The maximum atomic E-state index is 12.2. The van der Waals surface area contributed by atoms with Crippen LogP contribution in [0.4, 0.5) is 11.4 Å². The second kappa shape index (κ2) is 7.15. The van der Waals surface area contributed by atoms with Gasteiger partial charge in [0, 0.05) is 44.5 Å². The van der Waals surface area contributed by atoms with Crippen molar-refractivity contribution in [1.29, 1.82) is 0 Å². The number of piperidine rings is 1. The van der Waals surface area contributed by atoms with Gasteiger partial charge in [0.15, 0.2) is 0 Å². The minimum atomic E-state index is -0.386. The molecular weight excluding hydrogens is 406 g/mol. The molecule has 0 aromatic heterocycles. The van der Waals surface area contributed by atoms with Crippen molar-refractivity contribution in [2.45, 2.75) is 57.4 Å². The van der Waals surface area contributed by atoms with Gasteiger partial charge in [-0.15, -0.1) is 0 Å². The van der Waals surface area contributed by atoms with Crippen LogP contribution >= 0.6 is 0 Å². The highest BCUT2D eigenvalue weighted by Gasteiger charge is 2.46. The van der Waals surface area contributed by atoms with Crippen LogP contribution in [-0.4, -0.2) is 41.3 Å². The fourth-order valence-corrected chi connectivity index (χ4v) is 6.11. The zero-order valence-electron chi connectivity index (χ0n) is 18.7. The Morgan fingerprint density at radius 2 is 1.88 bits per heavy atom. The summed E-state index contributed by atoms with van der Waals surface area (Å²) >= 11 is 0. The fraction of sp³-hybridized carbons (Fsp3) is 0.440. The van der Waals surface area contributed by atoms with Crippen molar-refractivity contribution in [3.05, 3.63) is 57.1 Å². The molecule has 2 heterocycles. The van der Waals surface area contributed by atoms with Crippen molar-refractivity contribution in [2.24, 2.45) is 0 Å². The smallest absolute Gasteiger partial charge is 0.293 e. The third-order valence-corrected chi connectivity index (χ3v) is 7.82. The minimum absolute atomic E-state index is 0.0117. The van der Waals surface area contributed by atoms with Crippen LogP contribution in [0, 0.1) is 10.1 Å². The van der Waals surface area contributed by atoms with Gasteiger partial charge in [-0.2, -0.15) is 0 Å². The number of carbonyl (C=O) groups excluding carboxylic acids is 2. The van der Waals surface area contributed by atoms with E-state index < -0.39 is 0 Å². The van der Waals surface area contributed by atoms with E-state index in [2.05, 4.69) is 19.1 Å². The number of hydrogen-bond donors (Lipinski definition) is 0. The Morgan fingerprint density at radius 1 is 1.12 bits per heavy atom. The fourth-order valence-electron chi connectivity index (χ4n) is 6.11. The van der Waals surface area contributed by atoms with Gasteiger partial charge in [0.1, 0.15) is 5.69 Å². The van der Waals surface area contributed by atoms with Crippen LogP contribution in [0.5, 0.6) is 0 Å². The molecule has 0 unspecified atom stereocenters. The number of nitro benzene ring substituents is 1. The summed E-state index contributed by atoms with van der Waals surface area (Å²) < 4.78 is 0. The molecule has 0 radical (unpaired) electrons. The van der Waals surface area contributed by atoms with Crippen LogP contribution in [0.3, 0.4) is 0 Å². The molecule has 2 aliphatic heterocycles. The van der Waals surface area contributed by atoms with E-state index in [0.29, 0.717) is 25.1 Å². The van der Waals surface area contributed by atoms with Crippen LogP contribution in [0.25, 0.3) is 11.1 Å². The molecule has 3 aliphatic rings. The van der Waals surface area contributed by atoms with Crippen LogP contribution in [-0.2, 0) is 27.8 Å². The molecule has 0 bridgehead atoms. The highest BCUT2D eigenvalue weighted by Crippen LogP contribution is 2.47. The number of hydrogen-bond acceptors (Lipinski definition) is 4. The molecule has 166 valence electrons. The number of nitro groups is 1. The Bertz CT molecular complexity index is 1170. The average molecular weight is 434 g/mol. The molecule has 2 aromatic carbocycles. The topological polar surface area (TPSA) is 83.8 Å². The summed E-state index contributed by atoms with van der Waals surface area (Å²) in [6.07, 6.45) is 3.83. The van der Waals surface area contributed by atoms with E-state index in [1.807, 2.05) is 24.1 Å². The number of benzene rings is 2. The lowest BCUT2D eigenvalue weighted by molar-refractivity contribution is -0.384. The molecule has 1 aliphatic carbocycles. The number of anilines is 1. The summed E-state index contributed by atoms with van der Waals surface area (Å²) in [6, 6.07) is 10.2. The van der Waals surface area contributed by atoms with Crippen molar-refractivity contribution in [3.63, 3.8) is 0 Å². The molecule has 7 nitrogen and oxygen atoms in total. The standard InChI is InChI=1S/C25H27N3O4/c1-15(29)27-11-9-18-13-19(14-21(24(18)27)28(31)32)16-4-6-20-17(12-16)5-7-22-25(20,2)10-8-23(30)26(22)3/h4,6,12-14,22H,5,7-11H2,1-3H3/t22-,25-/m1/s1. The van der Waals surface area contributed by atoms with Gasteiger partial charge in [0.2, 0.25) is 11.8 Å². The van der Waals surface area contributed by atoms with Crippen LogP contribution in [0.1, 0.15) is 49.8 Å². The van der Waals surface area contributed by atoms with E-state index in [4.69, 9.17) is 0 Å². The lowest BCUT2D eigenvalue weighted by atomic mass is 9.63. The number of likely N-dealkylation sites (tertiary alicyclic amines) is 1. The summed E-state index contributed by atoms with van der Waals surface area (Å²) in [5.74, 6) is 0.0460. The molecule has 2 amide bonds. The predicted molar refractivity (Wildman–Crippen MR) is 122 cm³/mol. The maximum absolute atomic E-state index is 12.2. The molecule has 0 N–H and O–H groups in total. The van der Waals surface area contributed by atoms with Crippen molar-refractivity contribution in [1.82, 2.24) is 4.90 Å². The van der Waals surface area contributed by atoms with E-state index in [0.717, 1.165) is 36.0 Å². The SMILES string of the molecule is CC(=O)N1CCc2cc(-c3ccc4c(c3)CC[C@H]3N(C)C(=O)CC[C@]43C)cc([N+](=O)[O-])c21. The number of aryl methyl sites for hydroxylation is 1. The van der Waals surface area contributed by atoms with Gasteiger partial charge in [0.25, 0.3) is 5.69 Å². The molecule has 1 saturated heterocycles. The van der Waals surface area contributed by atoms with Crippen molar-refractivity contribution in [3.8, 4) is 11.1 Å². The lowest BCUT2D eigenvalue weighted by Crippen LogP contribution is -2.56. The summed E-state index contributed by atoms with van der Waals surface area (Å²) in [5, 5.41) is 11.8. The quantitative estimate of drug-likeness (QED) is 0.529. The summed E-state index contributed by atoms with van der Waals surface area (Å²) in [5.41, 5.74) is 5.53. The molecular formula is C25H27N3O4. The van der Waals surface area contributed by atoms with Crippen molar-refractivity contribution in [2.75, 3.05) is 18.5 Å². The van der Waals surface area contributed by atoms with E-state index in [9.17, 15) is 19.7 Å². The highest BCUT2D eigenvalue weighted by molar-refractivity contribution is 5.97. The first-order chi connectivity index (χ1) is 15.2. The molecule has 0 saturated carbocycles. The summed E-state index contributed by atoms with van der Waals surface area (Å²) in [4.78, 5) is 39.1. The van der Waals surface area contributed by atoms with Gasteiger partial charge < -0.3 is 9.80 Å². The average Bonchev–Trinajstić information content (AvgIpc) is 3.20. The first kappa shape index (κ1) is 20.7. The summed E-state index contributed by atoms with van der Waals surface area (Å²) in [7, 11) is 1.91. The van der Waals surface area contributed by atoms with E-state index in [1.165, 1.54) is 23.0 Å². The number of carbonyl (C=O) groups is 2. The molecule has 2 atom stereocenters. The Kier molecular flexibility index (Phi) is 4.62. The largest absolute Gasteiger partial charge is 0.342 e. The van der Waals surface area contributed by atoms with Crippen LogP contribution in [0.15, 0.2) is 30.3 Å². The zero-order chi connectivity index (χ0) is 22.8. The molecule has 5 rings (SSSR count). The Hall–Kier alpha value is -3.22. The number of nitrogens with zero attached hydrogens (tertiary/aromatic N) is 3. The number of likely N-dealkylation sites (N-methyl/N-ethyl adjacent to an activating group) is 1. The molecule has 0 spiro atoms. The number of fused-ring (bicyclic) bond motifs is 4. The first-order valence-corrected chi connectivity index (χ1v) is 11.2. The second-order valence-corrected chi connectivity index (χ2v) is 9.53. The Labute approximate surface area is 187 Å². The summed E-state index contributed by atoms with van der Waals surface area (Å²) in [6.45, 7) is 4.18. The van der Waals surface area contributed by atoms with E-state index in [-0.39, 0.29) is 33.9 Å². The molecule has 1 fully saturated rings. The third kappa shape index (κ3) is 2.94. The minimum Gasteiger partial charge on any atom is -0.342 e. The van der Waals surface area contributed by atoms with Gasteiger partial charge in [-0.25, -0.2) is 0 Å². The monoisotopic (exact) mass is 433 g/mol. The van der Waals surface area contributed by atoms with Crippen molar-refractivity contribution < 1.29 is 14.5 Å². The van der Waals surface area contributed by atoms with Gasteiger partial charge >= 0.3 is 0 Å². The van der Waals surface area contributed by atoms with Gasteiger partial charge in [-0.1, -0.05) is 25.1 Å². The lowest BCUT2D eigenvalue weighted by Gasteiger charge is -2.50. The normalized spacial score (nSPS) is 24.1. The van der Waals surface area contributed by atoms with Crippen LogP contribution < -0.4 is 4.90 Å². The first-order valence-electron chi connectivity index (χ1n) is 11.2. The van der Waals surface area contributed by atoms with Gasteiger partial charge in [-0.3, -0.25) is 19.7 Å². The van der Waals surface area contributed by atoms with Gasteiger partial charge in [0.05, 0.1) is 4.92 Å². The van der Waals surface area contributed by atoms with E-state index in [1.54, 1.807) is 6.07 Å². The highest BCUT2D eigenvalue weighted by atomic mass is 16.6. The third-order valence-electron chi connectivity index (χ3n) is 7.82.